The normalized spacial score (nSPS) is 19.3. The number of para-hydroxylation sites is 2. The molecule has 2 aromatic carbocycles. The molecule has 4 rings (SSSR count). The van der Waals surface area contributed by atoms with Crippen LogP contribution in [0.25, 0.3) is 0 Å². The summed E-state index contributed by atoms with van der Waals surface area (Å²) in [5, 5.41) is 2.82. The first kappa shape index (κ1) is 19.2. The Morgan fingerprint density at radius 1 is 1.10 bits per heavy atom. The summed E-state index contributed by atoms with van der Waals surface area (Å²) in [6, 6.07) is 11.8. The predicted molar refractivity (Wildman–Crippen MR) is 106 cm³/mol. The van der Waals surface area contributed by atoms with Crippen LogP contribution in [0.15, 0.2) is 42.5 Å². The van der Waals surface area contributed by atoms with Crippen LogP contribution in [0.4, 0.5) is 10.1 Å². The number of nitrogens with one attached hydrogen (secondary N) is 1. The lowest BCUT2D eigenvalue weighted by Crippen LogP contribution is -2.45. The van der Waals surface area contributed by atoms with Crippen molar-refractivity contribution in [2.75, 3.05) is 25.5 Å². The van der Waals surface area contributed by atoms with Crippen molar-refractivity contribution in [1.29, 1.82) is 0 Å². The van der Waals surface area contributed by atoms with Crippen LogP contribution in [-0.2, 0) is 9.59 Å². The minimum atomic E-state index is -0.530. The quantitative estimate of drug-likeness (QED) is 0.858. The van der Waals surface area contributed by atoms with E-state index < -0.39 is 5.92 Å². The van der Waals surface area contributed by atoms with Gasteiger partial charge in [-0.1, -0.05) is 24.3 Å². The lowest BCUT2D eigenvalue weighted by atomic mass is 9.88. The fourth-order valence-electron chi connectivity index (χ4n) is 3.98. The van der Waals surface area contributed by atoms with E-state index in [4.69, 9.17) is 9.47 Å². The van der Waals surface area contributed by atoms with Gasteiger partial charge in [0.1, 0.15) is 11.9 Å². The molecular weight excluding hydrogens is 375 g/mol. The van der Waals surface area contributed by atoms with Crippen molar-refractivity contribution < 1.29 is 23.5 Å². The molecule has 2 aliphatic rings. The highest BCUT2D eigenvalue weighted by Crippen LogP contribution is 2.39. The topological polar surface area (TPSA) is 67.9 Å². The second-order valence-corrected chi connectivity index (χ2v) is 7.30. The molecule has 1 saturated heterocycles. The number of fused-ring (bicyclic) bond motifs is 1. The molecule has 1 fully saturated rings. The summed E-state index contributed by atoms with van der Waals surface area (Å²) >= 11 is 0. The van der Waals surface area contributed by atoms with Gasteiger partial charge < -0.3 is 19.7 Å². The minimum absolute atomic E-state index is 0.0707. The maximum absolute atomic E-state index is 13.8. The number of benzene rings is 2. The van der Waals surface area contributed by atoms with Crippen LogP contribution >= 0.6 is 0 Å². The minimum Gasteiger partial charge on any atom is -0.495 e. The highest BCUT2D eigenvalue weighted by Gasteiger charge is 2.36. The number of halogens is 1. The molecule has 29 heavy (non-hydrogen) atoms. The van der Waals surface area contributed by atoms with E-state index in [9.17, 15) is 14.0 Å². The number of carbonyl (C=O) groups excluding carboxylic acids is 2. The highest BCUT2D eigenvalue weighted by molar-refractivity contribution is 6.02. The summed E-state index contributed by atoms with van der Waals surface area (Å²) in [7, 11) is 1.54. The summed E-state index contributed by atoms with van der Waals surface area (Å²) < 4.78 is 24.9. The molecular formula is C22H23FN2O4. The Balaban J connectivity index is 1.44. The molecule has 1 atom stereocenters. The largest absolute Gasteiger partial charge is 0.495 e. The summed E-state index contributed by atoms with van der Waals surface area (Å²) in [6.45, 7) is 1.02. The van der Waals surface area contributed by atoms with Gasteiger partial charge in [-0.15, -0.1) is 0 Å². The molecule has 6 nitrogen and oxygen atoms in total. The smallest absolute Gasteiger partial charge is 0.230 e. The first-order valence-electron chi connectivity index (χ1n) is 9.73. The van der Waals surface area contributed by atoms with Gasteiger partial charge in [0.2, 0.25) is 11.8 Å². The lowest BCUT2D eigenvalue weighted by molar-refractivity contribution is -0.136. The fraction of sp³-hybridized carbons (Fsp3) is 0.364. The number of methoxy groups -OCH3 is 1. The summed E-state index contributed by atoms with van der Waals surface area (Å²) in [4.78, 5) is 27.1. The molecule has 0 spiro atoms. The number of rotatable bonds is 4. The Morgan fingerprint density at radius 2 is 1.83 bits per heavy atom. The Hall–Kier alpha value is -3.09. The molecule has 7 heteroatoms. The number of ether oxygens (including phenoxy) is 2. The number of nitrogens with zero attached hydrogens (tertiary/aromatic N) is 1. The lowest BCUT2D eigenvalue weighted by Gasteiger charge is -2.36. The number of piperidine rings is 1. The van der Waals surface area contributed by atoms with Gasteiger partial charge in [-0.2, -0.15) is 0 Å². The van der Waals surface area contributed by atoms with E-state index in [1.807, 2.05) is 12.1 Å². The second kappa shape index (κ2) is 8.11. The van der Waals surface area contributed by atoms with Crippen molar-refractivity contribution in [1.82, 2.24) is 4.90 Å². The zero-order valence-electron chi connectivity index (χ0n) is 16.2. The van der Waals surface area contributed by atoms with Crippen molar-refractivity contribution in [3.05, 3.63) is 53.8 Å². The third kappa shape index (κ3) is 3.90. The monoisotopic (exact) mass is 398 g/mol. The molecule has 0 saturated carbocycles. The van der Waals surface area contributed by atoms with Crippen LogP contribution in [-0.4, -0.2) is 43.0 Å². The van der Waals surface area contributed by atoms with Crippen LogP contribution in [0.3, 0.4) is 0 Å². The van der Waals surface area contributed by atoms with Gasteiger partial charge in [0, 0.05) is 32.4 Å². The van der Waals surface area contributed by atoms with Crippen molar-refractivity contribution in [2.24, 2.45) is 0 Å². The molecule has 0 aromatic heterocycles. The molecule has 2 heterocycles. The Kier molecular flexibility index (Phi) is 5.38. The Morgan fingerprint density at radius 3 is 2.55 bits per heavy atom. The number of hydrogen-bond acceptors (Lipinski definition) is 4. The van der Waals surface area contributed by atoms with Gasteiger partial charge in [-0.25, -0.2) is 4.39 Å². The van der Waals surface area contributed by atoms with Crippen LogP contribution in [0, 0.1) is 5.82 Å². The van der Waals surface area contributed by atoms with Gasteiger partial charge in [0.05, 0.1) is 18.7 Å². The van der Waals surface area contributed by atoms with Crippen LogP contribution in [0.1, 0.15) is 30.7 Å². The third-order valence-corrected chi connectivity index (χ3v) is 5.49. The van der Waals surface area contributed by atoms with E-state index in [1.165, 1.54) is 13.2 Å². The molecule has 0 radical (unpaired) electrons. The Bertz CT molecular complexity index is 925. The van der Waals surface area contributed by atoms with E-state index >= 15 is 0 Å². The predicted octanol–water partition coefficient (Wildman–Crippen LogP) is 3.33. The van der Waals surface area contributed by atoms with Crippen molar-refractivity contribution in [3.63, 3.8) is 0 Å². The van der Waals surface area contributed by atoms with Gasteiger partial charge >= 0.3 is 0 Å². The molecule has 2 aliphatic heterocycles. The van der Waals surface area contributed by atoms with Crippen molar-refractivity contribution in [2.45, 2.75) is 31.3 Å². The summed E-state index contributed by atoms with van der Waals surface area (Å²) in [5.41, 5.74) is 1.35. The molecule has 2 aromatic rings. The summed E-state index contributed by atoms with van der Waals surface area (Å²) in [5.74, 6) is -0.396. The molecule has 0 bridgehead atoms. The fourth-order valence-corrected chi connectivity index (χ4v) is 3.98. The molecule has 152 valence electrons. The number of anilines is 1. The second-order valence-electron chi connectivity index (χ2n) is 7.30. The van der Waals surface area contributed by atoms with E-state index in [0.717, 1.165) is 5.56 Å². The van der Waals surface area contributed by atoms with Gasteiger partial charge in [-0.05, 0) is 23.8 Å². The first-order chi connectivity index (χ1) is 14.1. The van der Waals surface area contributed by atoms with Gasteiger partial charge in [-0.3, -0.25) is 9.59 Å². The number of likely N-dealkylation sites (tertiary alicyclic amines) is 1. The molecule has 0 aliphatic carbocycles. The van der Waals surface area contributed by atoms with E-state index in [2.05, 4.69) is 5.32 Å². The first-order valence-corrected chi connectivity index (χ1v) is 9.73. The molecule has 1 unspecified atom stereocenters. The maximum Gasteiger partial charge on any atom is 0.230 e. The zero-order valence-corrected chi connectivity index (χ0v) is 16.2. The van der Waals surface area contributed by atoms with Gasteiger partial charge in [0.25, 0.3) is 0 Å². The maximum atomic E-state index is 13.8. The SMILES string of the molecule is COc1cccc2c1NC(=O)CC2C(=O)N1CCC(Oc2ccccc2F)CC1. The average molecular weight is 398 g/mol. The van der Waals surface area contributed by atoms with Crippen molar-refractivity contribution in [3.8, 4) is 11.5 Å². The average Bonchev–Trinajstić information content (AvgIpc) is 2.74. The van der Waals surface area contributed by atoms with Crippen molar-refractivity contribution >= 4 is 17.5 Å². The number of amides is 2. The van der Waals surface area contributed by atoms with E-state index in [0.29, 0.717) is 37.4 Å². The Labute approximate surface area is 168 Å². The third-order valence-electron chi connectivity index (χ3n) is 5.49. The van der Waals surface area contributed by atoms with E-state index in [-0.39, 0.29) is 35.9 Å². The van der Waals surface area contributed by atoms with Crippen LogP contribution < -0.4 is 14.8 Å². The highest BCUT2D eigenvalue weighted by atomic mass is 19.1. The number of carbonyl (C=O) groups is 2. The molecule has 1 N–H and O–H groups in total. The summed E-state index contributed by atoms with van der Waals surface area (Å²) in [6.07, 6.45) is 1.21. The number of hydrogen-bond donors (Lipinski definition) is 1. The van der Waals surface area contributed by atoms with E-state index in [1.54, 1.807) is 29.2 Å². The van der Waals surface area contributed by atoms with Crippen LogP contribution in [0.2, 0.25) is 0 Å². The van der Waals surface area contributed by atoms with Gasteiger partial charge in [0.15, 0.2) is 11.6 Å². The molecule has 2 amide bonds. The zero-order chi connectivity index (χ0) is 20.4. The van der Waals surface area contributed by atoms with Crippen LogP contribution in [0.5, 0.6) is 11.5 Å². The standard InChI is InChI=1S/C22H23FN2O4/c1-28-19-8-4-5-15-16(13-20(26)24-21(15)19)22(27)25-11-9-14(10-12-25)29-18-7-3-2-6-17(18)23/h2-8,14,16H,9-13H2,1H3,(H,24,26).